The molecule has 0 fully saturated rings. The fourth-order valence-electron chi connectivity index (χ4n) is 0.429. The molecule has 0 aromatic rings. The van der Waals surface area contributed by atoms with Crippen LogP contribution >= 0.6 is 0 Å². The van der Waals surface area contributed by atoms with Crippen molar-refractivity contribution in [2.45, 2.75) is 13.1 Å². The van der Waals surface area contributed by atoms with Crippen LogP contribution in [0.2, 0.25) is 0 Å². The van der Waals surface area contributed by atoms with Gasteiger partial charge in [0.15, 0.2) is 0 Å². The molecule has 13 heavy (non-hydrogen) atoms. The molecule has 0 bridgehead atoms. The number of carbonyl (C=O) groups is 2. The van der Waals surface area contributed by atoms with Crippen LogP contribution < -0.4 is 0 Å². The molecule has 0 amide bonds. The molecule has 0 N–H and O–H groups in total. The Morgan fingerprint density at radius 2 is 1.85 bits per heavy atom. The van der Waals surface area contributed by atoms with Crippen LogP contribution in [0.5, 0.6) is 0 Å². The molecule has 0 saturated carbocycles. The predicted molar refractivity (Wildman–Crippen MR) is 36.8 cm³/mol. The van der Waals surface area contributed by atoms with Crippen LogP contribution in [0.15, 0.2) is 12.2 Å². The van der Waals surface area contributed by atoms with Crippen molar-refractivity contribution in [3.05, 3.63) is 12.2 Å². The van der Waals surface area contributed by atoms with Crippen molar-refractivity contribution >= 4 is 11.8 Å². The number of halogens is 3. The Morgan fingerprint density at radius 3 is 2.23 bits per heavy atom. The van der Waals surface area contributed by atoms with E-state index >= 15 is 0 Å². The van der Waals surface area contributed by atoms with Crippen LogP contribution in [0.3, 0.4) is 0 Å². The lowest BCUT2D eigenvalue weighted by Gasteiger charge is -1.99. The Morgan fingerprint density at radius 1 is 1.31 bits per heavy atom. The summed E-state index contributed by atoms with van der Waals surface area (Å²) in [6, 6.07) is 0. The van der Waals surface area contributed by atoms with Gasteiger partial charge >= 0.3 is 12.1 Å². The number of hydrogen-bond donors (Lipinski definition) is 0. The van der Waals surface area contributed by atoms with E-state index in [-0.39, 0.29) is 12.7 Å². The standard InChI is InChI=1S/C7H7F3O3/c1-2-13-6(12)4-3-5(11)7(8,9)10/h3-4H,2H2,1H3. The van der Waals surface area contributed by atoms with Crippen molar-refractivity contribution in [2.75, 3.05) is 6.61 Å². The molecule has 0 atom stereocenters. The number of carbonyl (C=O) groups excluding carboxylic acids is 2. The van der Waals surface area contributed by atoms with Gasteiger partial charge in [-0.15, -0.1) is 0 Å². The third kappa shape index (κ3) is 5.00. The first-order valence-corrected chi connectivity index (χ1v) is 3.34. The third-order valence-electron chi connectivity index (χ3n) is 0.937. The van der Waals surface area contributed by atoms with Gasteiger partial charge in [0.2, 0.25) is 0 Å². The molecule has 6 heteroatoms. The van der Waals surface area contributed by atoms with Gasteiger partial charge in [0.1, 0.15) is 0 Å². The number of allylic oxidation sites excluding steroid dienone is 1. The Balaban J connectivity index is 4.13. The minimum Gasteiger partial charge on any atom is -0.463 e. The predicted octanol–water partition coefficient (Wildman–Crippen LogP) is 1.24. The van der Waals surface area contributed by atoms with Crippen molar-refractivity contribution in [1.82, 2.24) is 0 Å². The van der Waals surface area contributed by atoms with Gasteiger partial charge in [-0.2, -0.15) is 13.2 Å². The number of alkyl halides is 3. The van der Waals surface area contributed by atoms with Crippen LogP contribution in [-0.4, -0.2) is 24.5 Å². The van der Waals surface area contributed by atoms with Gasteiger partial charge in [-0.05, 0) is 13.0 Å². The van der Waals surface area contributed by atoms with E-state index in [2.05, 4.69) is 4.74 Å². The summed E-state index contributed by atoms with van der Waals surface area (Å²) in [6.45, 7) is 1.54. The second-order valence-electron chi connectivity index (χ2n) is 1.95. The summed E-state index contributed by atoms with van der Waals surface area (Å²) in [7, 11) is 0. The van der Waals surface area contributed by atoms with Gasteiger partial charge in [0, 0.05) is 6.08 Å². The Kier molecular flexibility index (Phi) is 4.16. The first-order chi connectivity index (χ1) is 5.88. The molecular formula is C7H7F3O3. The number of ether oxygens (including phenoxy) is 1. The maximum absolute atomic E-state index is 11.5. The largest absolute Gasteiger partial charge is 0.463 e. The van der Waals surface area contributed by atoms with E-state index in [0.717, 1.165) is 0 Å². The maximum atomic E-state index is 11.5. The Hall–Kier alpha value is -1.33. The minimum absolute atomic E-state index is 0.0450. The van der Waals surface area contributed by atoms with E-state index in [1.807, 2.05) is 0 Å². The monoisotopic (exact) mass is 196 g/mol. The second kappa shape index (κ2) is 4.64. The summed E-state index contributed by atoms with van der Waals surface area (Å²) in [4.78, 5) is 20.6. The lowest BCUT2D eigenvalue weighted by atomic mass is 10.3. The number of esters is 1. The summed E-state index contributed by atoms with van der Waals surface area (Å²) in [5.74, 6) is -3.05. The Bertz CT molecular complexity index is 230. The molecule has 0 heterocycles. The summed E-state index contributed by atoms with van der Waals surface area (Å²) < 4.78 is 38.9. The zero-order valence-electron chi connectivity index (χ0n) is 6.72. The zero-order valence-corrected chi connectivity index (χ0v) is 6.72. The fourth-order valence-corrected chi connectivity index (χ4v) is 0.429. The van der Waals surface area contributed by atoms with E-state index in [9.17, 15) is 22.8 Å². The van der Waals surface area contributed by atoms with Crippen molar-refractivity contribution in [1.29, 1.82) is 0 Å². The fraction of sp³-hybridized carbons (Fsp3) is 0.429. The van der Waals surface area contributed by atoms with Gasteiger partial charge in [-0.1, -0.05) is 0 Å². The van der Waals surface area contributed by atoms with E-state index in [1.165, 1.54) is 6.92 Å². The van der Waals surface area contributed by atoms with Gasteiger partial charge in [0.25, 0.3) is 5.78 Å². The molecule has 0 rings (SSSR count). The number of hydrogen-bond acceptors (Lipinski definition) is 3. The second-order valence-corrected chi connectivity index (χ2v) is 1.95. The maximum Gasteiger partial charge on any atom is 0.454 e. The third-order valence-corrected chi connectivity index (χ3v) is 0.937. The highest BCUT2D eigenvalue weighted by atomic mass is 19.4. The highest BCUT2D eigenvalue weighted by molar-refractivity contribution is 5.98. The summed E-state index contributed by atoms with van der Waals surface area (Å²) >= 11 is 0. The Labute approximate surface area is 72.2 Å². The van der Waals surface area contributed by atoms with Gasteiger partial charge in [0.05, 0.1) is 6.61 Å². The molecule has 0 aliphatic carbocycles. The van der Waals surface area contributed by atoms with Crippen molar-refractivity contribution in [3.8, 4) is 0 Å². The van der Waals surface area contributed by atoms with Gasteiger partial charge in [-0.25, -0.2) is 4.79 Å². The van der Waals surface area contributed by atoms with Crippen LogP contribution in [0.4, 0.5) is 13.2 Å². The number of ketones is 1. The summed E-state index contributed by atoms with van der Waals surface area (Å²) in [5, 5.41) is 0. The van der Waals surface area contributed by atoms with E-state index in [1.54, 1.807) is 0 Å². The molecular weight excluding hydrogens is 189 g/mol. The molecule has 0 aliphatic rings. The van der Waals surface area contributed by atoms with Crippen LogP contribution in [0.1, 0.15) is 6.92 Å². The van der Waals surface area contributed by atoms with E-state index in [0.29, 0.717) is 6.08 Å². The number of rotatable bonds is 3. The molecule has 0 aliphatic heterocycles. The van der Waals surface area contributed by atoms with E-state index < -0.39 is 17.9 Å². The van der Waals surface area contributed by atoms with Gasteiger partial charge in [-0.3, -0.25) is 4.79 Å². The molecule has 0 radical (unpaired) electrons. The SMILES string of the molecule is CCOC(=O)C=CC(=O)C(F)(F)F. The van der Waals surface area contributed by atoms with Crippen LogP contribution in [0.25, 0.3) is 0 Å². The topological polar surface area (TPSA) is 43.4 Å². The lowest BCUT2D eigenvalue weighted by molar-refractivity contribution is -0.165. The summed E-state index contributed by atoms with van der Waals surface area (Å²) in [5.41, 5.74) is 0. The smallest absolute Gasteiger partial charge is 0.454 e. The first-order valence-electron chi connectivity index (χ1n) is 3.34. The van der Waals surface area contributed by atoms with Crippen LogP contribution in [-0.2, 0) is 14.3 Å². The van der Waals surface area contributed by atoms with Gasteiger partial charge < -0.3 is 4.74 Å². The highest BCUT2D eigenvalue weighted by Crippen LogP contribution is 2.16. The molecule has 0 aromatic carbocycles. The molecule has 0 spiro atoms. The zero-order chi connectivity index (χ0) is 10.5. The average molecular weight is 196 g/mol. The van der Waals surface area contributed by atoms with E-state index in [4.69, 9.17) is 0 Å². The average Bonchev–Trinajstić information content (AvgIpc) is 1.99. The lowest BCUT2D eigenvalue weighted by Crippen LogP contribution is -2.20. The quantitative estimate of drug-likeness (QED) is 0.503. The molecule has 3 nitrogen and oxygen atoms in total. The van der Waals surface area contributed by atoms with Crippen LogP contribution in [0, 0.1) is 0 Å². The van der Waals surface area contributed by atoms with Crippen molar-refractivity contribution < 1.29 is 27.5 Å². The van der Waals surface area contributed by atoms with Crippen molar-refractivity contribution in [2.24, 2.45) is 0 Å². The summed E-state index contributed by atoms with van der Waals surface area (Å²) in [6.07, 6.45) is -4.36. The molecule has 74 valence electrons. The minimum atomic E-state index is -4.94. The molecule has 0 unspecified atom stereocenters. The first kappa shape index (κ1) is 11.7. The molecule has 0 saturated heterocycles. The normalized spacial score (nSPS) is 11.7. The van der Waals surface area contributed by atoms with Crippen molar-refractivity contribution in [3.63, 3.8) is 0 Å². The molecule has 0 aromatic heterocycles. The highest BCUT2D eigenvalue weighted by Gasteiger charge is 2.36.